The number of aliphatic carboxylic acids is 2. The summed E-state index contributed by atoms with van der Waals surface area (Å²) >= 11 is 1.35. The predicted octanol–water partition coefficient (Wildman–Crippen LogP) is -5.25. The van der Waals surface area contributed by atoms with Crippen LogP contribution in [-0.4, -0.2) is 166 Å². The van der Waals surface area contributed by atoms with Gasteiger partial charge in [-0.05, 0) is 63.0 Å². The van der Waals surface area contributed by atoms with Gasteiger partial charge in [0.15, 0.2) is 5.96 Å². The lowest BCUT2D eigenvalue weighted by Gasteiger charge is -2.27. The third-order valence-corrected chi connectivity index (χ3v) is 10.8. The number of hydrogen-bond donors (Lipinski definition) is 15. The number of carboxylic acid groups (broad SMARTS) is 2. The molecule has 0 aromatic heterocycles. The van der Waals surface area contributed by atoms with E-state index in [0.29, 0.717) is 17.7 Å². The first kappa shape index (κ1) is 61.9. The van der Waals surface area contributed by atoms with Gasteiger partial charge in [0.05, 0.1) is 25.5 Å². The average molecular weight is 1020 g/mol. The molecule has 19 N–H and O–H groups in total. The zero-order valence-electron chi connectivity index (χ0n) is 40.2. The molecule has 9 atom stereocenters. The van der Waals surface area contributed by atoms with Crippen LogP contribution in [0.3, 0.4) is 0 Å². The first-order valence-corrected chi connectivity index (χ1v) is 23.8. The maximum atomic E-state index is 13.8. The maximum Gasteiger partial charge on any atom is 0.326 e. The highest BCUT2D eigenvalue weighted by atomic mass is 32.2. The van der Waals surface area contributed by atoms with Crippen LogP contribution in [0.15, 0.2) is 35.3 Å². The number of hydrogen-bond acceptors (Lipinski definition) is 15. The second-order valence-electron chi connectivity index (χ2n) is 16.8. The molecular weight excluding hydrogens is 955 g/mol. The van der Waals surface area contributed by atoms with E-state index in [-0.39, 0.29) is 44.1 Å². The smallest absolute Gasteiger partial charge is 0.326 e. The predicted molar refractivity (Wildman–Crippen MR) is 258 cm³/mol. The largest absolute Gasteiger partial charge is 0.481 e. The molecule has 0 heterocycles. The molecule has 9 amide bonds. The molecule has 27 nitrogen and oxygen atoms in total. The summed E-state index contributed by atoms with van der Waals surface area (Å²) in [6.07, 6.45) is 0.228. The third-order valence-electron chi connectivity index (χ3n) is 10.2. The maximum absolute atomic E-state index is 13.8. The molecule has 1 rings (SSSR count). The van der Waals surface area contributed by atoms with E-state index in [1.54, 1.807) is 50.4 Å². The van der Waals surface area contributed by atoms with Gasteiger partial charge in [-0.25, -0.2) is 4.79 Å². The van der Waals surface area contributed by atoms with Crippen molar-refractivity contribution in [1.82, 2.24) is 42.5 Å². The highest BCUT2D eigenvalue weighted by Gasteiger charge is 2.35. The van der Waals surface area contributed by atoms with Crippen molar-refractivity contribution < 1.29 is 68.1 Å². The monoisotopic (exact) mass is 1020 g/mol. The van der Waals surface area contributed by atoms with Crippen molar-refractivity contribution >= 4 is 82.8 Å². The van der Waals surface area contributed by atoms with Crippen LogP contribution in [0.4, 0.5) is 0 Å². The second kappa shape index (κ2) is 31.9. The molecule has 71 heavy (non-hydrogen) atoms. The fraction of sp³-hybridized carbons (Fsp3) is 0.581. The Morgan fingerprint density at radius 2 is 1.06 bits per heavy atom. The Hall–Kier alpha value is -7.07. The van der Waals surface area contributed by atoms with Crippen LogP contribution in [0.2, 0.25) is 0 Å². The van der Waals surface area contributed by atoms with Crippen LogP contribution in [0.1, 0.15) is 71.8 Å². The van der Waals surface area contributed by atoms with E-state index in [1.807, 2.05) is 0 Å². The summed E-state index contributed by atoms with van der Waals surface area (Å²) in [4.78, 5) is 146. The number of benzene rings is 1. The van der Waals surface area contributed by atoms with Gasteiger partial charge in [0.2, 0.25) is 53.2 Å². The van der Waals surface area contributed by atoms with Gasteiger partial charge in [-0.3, -0.25) is 52.9 Å². The Labute approximate surface area is 414 Å². The van der Waals surface area contributed by atoms with Gasteiger partial charge >= 0.3 is 11.9 Å². The highest BCUT2D eigenvalue weighted by molar-refractivity contribution is 7.98. The van der Waals surface area contributed by atoms with Crippen molar-refractivity contribution in [2.24, 2.45) is 33.8 Å². The first-order chi connectivity index (χ1) is 33.3. The third kappa shape index (κ3) is 24.4. The number of aliphatic hydroxyl groups is 1. The zero-order chi connectivity index (χ0) is 54.0. The number of carbonyl (C=O) groups excluding carboxylic acids is 9. The number of primary amides is 1. The van der Waals surface area contributed by atoms with Crippen molar-refractivity contribution in [3.63, 3.8) is 0 Å². The van der Waals surface area contributed by atoms with E-state index in [2.05, 4.69) is 47.5 Å². The van der Waals surface area contributed by atoms with Crippen LogP contribution in [-0.2, 0) is 59.2 Å². The van der Waals surface area contributed by atoms with Crippen molar-refractivity contribution in [2.45, 2.75) is 127 Å². The number of guanidine groups is 1. The van der Waals surface area contributed by atoms with Crippen molar-refractivity contribution in [3.05, 3.63) is 35.9 Å². The molecule has 1 aromatic carbocycles. The van der Waals surface area contributed by atoms with Gasteiger partial charge < -0.3 is 80.8 Å². The number of thioether (sulfide) groups is 1. The molecule has 0 aliphatic rings. The van der Waals surface area contributed by atoms with Gasteiger partial charge in [-0.2, -0.15) is 11.8 Å². The van der Waals surface area contributed by atoms with Gasteiger partial charge in [0.1, 0.15) is 48.3 Å². The lowest BCUT2D eigenvalue weighted by Crippen LogP contribution is -2.61. The van der Waals surface area contributed by atoms with E-state index in [0.717, 1.165) is 0 Å². The summed E-state index contributed by atoms with van der Waals surface area (Å²) in [5, 5.41) is 48.0. The minimum absolute atomic E-state index is 0.00880. The zero-order valence-corrected chi connectivity index (χ0v) is 41.0. The molecule has 0 spiro atoms. The molecule has 0 unspecified atom stereocenters. The number of carbonyl (C=O) groups is 11. The molecule has 396 valence electrons. The van der Waals surface area contributed by atoms with Crippen LogP contribution in [0.5, 0.6) is 0 Å². The van der Waals surface area contributed by atoms with Crippen LogP contribution >= 0.6 is 11.8 Å². The van der Waals surface area contributed by atoms with E-state index in [4.69, 9.17) is 22.9 Å². The second-order valence-corrected chi connectivity index (χ2v) is 17.8. The SMILES string of the molecule is CSCC[C@H](NC(=O)[C@H](C)NC(=O)[C@@H](N)CCCN=C(N)N)C(=O)N[C@@H](C)C(=O)N[C@@H](CO)C(=O)N[C@@H](CC(=O)O)C(=O)N[C@@H](Cc1ccccc1)C(=O)N[C@@H](CC(N)=O)C(=O)N[C@@H](CC(C)C)C(=O)O. The normalized spacial score (nSPS) is 14.7. The molecule has 0 aliphatic carbocycles. The Bertz CT molecular complexity index is 2040. The molecule has 1 aromatic rings. The first-order valence-electron chi connectivity index (χ1n) is 22.4. The van der Waals surface area contributed by atoms with Gasteiger partial charge in [-0.1, -0.05) is 44.2 Å². The summed E-state index contributed by atoms with van der Waals surface area (Å²) in [5.41, 5.74) is 22.3. The van der Waals surface area contributed by atoms with Crippen LogP contribution in [0, 0.1) is 5.92 Å². The quantitative estimate of drug-likeness (QED) is 0.0178. The lowest BCUT2D eigenvalue weighted by molar-refractivity contribution is -0.143. The summed E-state index contributed by atoms with van der Waals surface area (Å²) in [6, 6.07) is -5.36. The highest BCUT2D eigenvalue weighted by Crippen LogP contribution is 2.10. The summed E-state index contributed by atoms with van der Waals surface area (Å²) in [5.74, 6) is -12.0. The fourth-order valence-electron chi connectivity index (χ4n) is 6.34. The number of carboxylic acids is 2. The molecule has 0 saturated carbocycles. The lowest BCUT2D eigenvalue weighted by atomic mass is 10.0. The minimum Gasteiger partial charge on any atom is -0.481 e. The van der Waals surface area contributed by atoms with E-state index in [9.17, 15) is 68.1 Å². The fourth-order valence-corrected chi connectivity index (χ4v) is 6.81. The molecule has 0 saturated heterocycles. The number of aliphatic hydroxyl groups excluding tert-OH is 1. The Kier molecular flexibility index (Phi) is 27.9. The molecule has 28 heteroatoms. The van der Waals surface area contributed by atoms with Gasteiger partial charge in [0, 0.05) is 13.0 Å². The van der Waals surface area contributed by atoms with Crippen molar-refractivity contribution in [2.75, 3.05) is 25.2 Å². The number of nitrogens with one attached hydrogen (secondary N) is 8. The number of aliphatic imine (C=N–C) groups is 1. The standard InChI is InChI=1S/C43H69N13O14S/c1-21(2)16-30(42(69)70)55-39(66)28(18-32(45)58)53-38(65)27(17-24-10-7-6-8-11-24)52-40(67)29(19-33(59)60)54-41(68)31(20-57)56-35(62)23(4)50-37(64)26(13-15-71-5)51-34(61)22(3)49-36(63)25(44)12-9-14-48-43(46)47/h6-8,10-11,21-23,25-31,57H,9,12-20,44H2,1-5H3,(H2,45,58)(H,49,63)(H,50,64)(H,51,61)(H,52,67)(H,53,65)(H,54,68)(H,55,66)(H,56,62)(H,59,60)(H,69,70)(H4,46,47,48)/t22-,23-,25-,26-,27-,28-,29-,30-,31-/m0/s1. The van der Waals surface area contributed by atoms with Gasteiger partial charge in [-0.15, -0.1) is 0 Å². The number of rotatable bonds is 33. The van der Waals surface area contributed by atoms with Crippen LogP contribution in [0.25, 0.3) is 0 Å². The average Bonchev–Trinajstić information content (AvgIpc) is 3.29. The minimum atomic E-state index is -1.97. The summed E-state index contributed by atoms with van der Waals surface area (Å²) in [6.45, 7) is 5.13. The van der Waals surface area contributed by atoms with E-state index < -0.39 is 139 Å². The molecule has 0 aliphatic heterocycles. The van der Waals surface area contributed by atoms with E-state index >= 15 is 0 Å². The molecular formula is C43H69N13O14S. The summed E-state index contributed by atoms with van der Waals surface area (Å²) < 4.78 is 0. The number of nitrogens with zero attached hydrogens (tertiary/aromatic N) is 1. The van der Waals surface area contributed by atoms with Crippen LogP contribution < -0.4 is 65.5 Å². The summed E-state index contributed by atoms with van der Waals surface area (Å²) in [7, 11) is 0. The topological polar surface area (TPSA) is 461 Å². The number of nitrogens with two attached hydrogens (primary N) is 4. The van der Waals surface area contributed by atoms with Crippen molar-refractivity contribution in [3.8, 4) is 0 Å². The molecule has 0 bridgehead atoms. The Morgan fingerprint density at radius 3 is 1.55 bits per heavy atom. The molecule has 0 fully saturated rings. The Balaban J connectivity index is 3.20. The van der Waals surface area contributed by atoms with E-state index in [1.165, 1.54) is 25.6 Å². The van der Waals surface area contributed by atoms with Gasteiger partial charge in [0.25, 0.3) is 0 Å². The number of amides is 9. The van der Waals surface area contributed by atoms with Crippen molar-refractivity contribution in [1.29, 1.82) is 0 Å². The molecule has 0 radical (unpaired) electrons. The Morgan fingerprint density at radius 1 is 0.592 bits per heavy atom.